The van der Waals surface area contributed by atoms with Gasteiger partial charge in [-0.25, -0.2) is 4.68 Å². The van der Waals surface area contributed by atoms with Gasteiger partial charge in [0.2, 0.25) is 5.91 Å². The highest BCUT2D eigenvalue weighted by Crippen LogP contribution is 2.16. The molecule has 1 aromatic heterocycles. The highest BCUT2D eigenvalue weighted by atomic mass is 16.2. The van der Waals surface area contributed by atoms with E-state index < -0.39 is 6.04 Å². The Kier molecular flexibility index (Phi) is 6.22. The maximum atomic E-state index is 12.9. The molecule has 0 aliphatic rings. The summed E-state index contributed by atoms with van der Waals surface area (Å²) in [5.41, 5.74) is 2.03. The van der Waals surface area contributed by atoms with Gasteiger partial charge in [0.1, 0.15) is 6.04 Å². The quantitative estimate of drug-likeness (QED) is 0.661. The second kappa shape index (κ2) is 8.99. The van der Waals surface area contributed by atoms with Crippen LogP contribution in [0.15, 0.2) is 73.1 Å². The van der Waals surface area contributed by atoms with Crippen LogP contribution in [-0.2, 0) is 4.79 Å². The summed E-state index contributed by atoms with van der Waals surface area (Å²) < 4.78 is 1.72. The fourth-order valence-corrected chi connectivity index (χ4v) is 2.88. The van der Waals surface area contributed by atoms with E-state index in [2.05, 4.69) is 15.7 Å². The number of carbonyl (C=O) groups excluding carboxylic acids is 2. The third-order valence-corrected chi connectivity index (χ3v) is 4.70. The van der Waals surface area contributed by atoms with Crippen LogP contribution in [0.25, 0.3) is 5.69 Å². The third-order valence-electron chi connectivity index (χ3n) is 4.70. The molecule has 0 aliphatic heterocycles. The molecule has 3 aromatic rings. The van der Waals surface area contributed by atoms with Crippen molar-refractivity contribution in [3.63, 3.8) is 0 Å². The van der Waals surface area contributed by atoms with Gasteiger partial charge in [0.15, 0.2) is 0 Å². The van der Waals surface area contributed by atoms with Crippen LogP contribution < -0.4 is 10.6 Å². The molecule has 28 heavy (non-hydrogen) atoms. The Morgan fingerprint density at radius 3 is 2.54 bits per heavy atom. The number of aromatic nitrogens is 2. The second-order valence-electron chi connectivity index (χ2n) is 6.69. The molecule has 144 valence electrons. The second-order valence-corrected chi connectivity index (χ2v) is 6.69. The summed E-state index contributed by atoms with van der Waals surface area (Å²) in [6.45, 7) is 3.95. The molecule has 3 rings (SSSR count). The number of amides is 2. The number of carbonyl (C=O) groups is 2. The van der Waals surface area contributed by atoms with Gasteiger partial charge in [-0.05, 0) is 42.3 Å². The van der Waals surface area contributed by atoms with Gasteiger partial charge in [-0.15, -0.1) is 0 Å². The lowest BCUT2D eigenvalue weighted by Crippen LogP contribution is -2.47. The summed E-state index contributed by atoms with van der Waals surface area (Å²) in [6.07, 6.45) is 4.30. The van der Waals surface area contributed by atoms with E-state index in [1.165, 1.54) is 0 Å². The number of hydrogen-bond donors (Lipinski definition) is 2. The van der Waals surface area contributed by atoms with Crippen molar-refractivity contribution in [3.05, 3.63) is 78.6 Å². The lowest BCUT2D eigenvalue weighted by Gasteiger charge is -2.23. The van der Waals surface area contributed by atoms with Crippen molar-refractivity contribution in [2.45, 2.75) is 26.3 Å². The monoisotopic (exact) mass is 376 g/mol. The highest BCUT2D eigenvalue weighted by molar-refractivity contribution is 6.01. The molecule has 2 atom stereocenters. The predicted octanol–water partition coefficient (Wildman–Crippen LogP) is 3.66. The van der Waals surface area contributed by atoms with E-state index in [0.717, 1.165) is 12.1 Å². The summed E-state index contributed by atoms with van der Waals surface area (Å²) in [5.74, 6) is -0.510. The number of anilines is 1. The smallest absolute Gasteiger partial charge is 0.251 e. The zero-order valence-electron chi connectivity index (χ0n) is 16.0. The van der Waals surface area contributed by atoms with E-state index in [9.17, 15) is 9.59 Å². The zero-order valence-corrected chi connectivity index (χ0v) is 16.0. The van der Waals surface area contributed by atoms with Crippen LogP contribution in [0, 0.1) is 5.92 Å². The summed E-state index contributed by atoms with van der Waals surface area (Å²) in [6, 6.07) is 17.5. The van der Waals surface area contributed by atoms with Crippen molar-refractivity contribution in [1.29, 1.82) is 0 Å². The number of nitrogens with zero attached hydrogens (tertiary/aromatic N) is 2. The Balaban J connectivity index is 1.75. The first-order chi connectivity index (χ1) is 13.6. The first kappa shape index (κ1) is 19.4. The summed E-state index contributed by atoms with van der Waals surface area (Å²) in [7, 11) is 0. The highest BCUT2D eigenvalue weighted by Gasteiger charge is 2.26. The summed E-state index contributed by atoms with van der Waals surface area (Å²) >= 11 is 0. The molecule has 2 aromatic carbocycles. The molecule has 2 unspecified atom stereocenters. The van der Waals surface area contributed by atoms with Crippen molar-refractivity contribution in [3.8, 4) is 5.69 Å². The Bertz CT molecular complexity index is 923. The van der Waals surface area contributed by atoms with E-state index in [1.807, 2.05) is 56.4 Å². The van der Waals surface area contributed by atoms with Crippen LogP contribution in [0.1, 0.15) is 30.6 Å². The number of hydrogen-bond acceptors (Lipinski definition) is 3. The Labute approximate surface area is 164 Å². The molecular formula is C22H24N4O2. The molecule has 0 spiro atoms. The lowest BCUT2D eigenvalue weighted by molar-refractivity contribution is -0.119. The Morgan fingerprint density at radius 2 is 1.86 bits per heavy atom. The van der Waals surface area contributed by atoms with E-state index in [1.54, 1.807) is 35.1 Å². The maximum Gasteiger partial charge on any atom is 0.251 e. The minimum absolute atomic E-state index is 0.0121. The van der Waals surface area contributed by atoms with Crippen molar-refractivity contribution in [2.75, 3.05) is 5.32 Å². The molecule has 0 saturated heterocycles. The van der Waals surface area contributed by atoms with Gasteiger partial charge < -0.3 is 10.6 Å². The van der Waals surface area contributed by atoms with Crippen LogP contribution in [-0.4, -0.2) is 27.6 Å². The maximum absolute atomic E-state index is 12.9. The fraction of sp³-hybridized carbons (Fsp3) is 0.227. The molecule has 0 aliphatic carbocycles. The van der Waals surface area contributed by atoms with E-state index >= 15 is 0 Å². The van der Waals surface area contributed by atoms with Crippen LogP contribution in [0.4, 0.5) is 5.69 Å². The molecule has 2 amide bonds. The average Bonchev–Trinajstić information content (AvgIpc) is 3.27. The first-order valence-electron chi connectivity index (χ1n) is 9.35. The van der Waals surface area contributed by atoms with Crippen molar-refractivity contribution >= 4 is 17.5 Å². The van der Waals surface area contributed by atoms with Gasteiger partial charge in [-0.3, -0.25) is 9.59 Å². The van der Waals surface area contributed by atoms with Gasteiger partial charge in [-0.1, -0.05) is 44.5 Å². The Morgan fingerprint density at radius 1 is 1.07 bits per heavy atom. The van der Waals surface area contributed by atoms with E-state index in [0.29, 0.717) is 11.3 Å². The molecule has 6 heteroatoms. The lowest BCUT2D eigenvalue weighted by atomic mass is 9.97. The van der Waals surface area contributed by atoms with Crippen LogP contribution in [0.2, 0.25) is 0 Å². The minimum Gasteiger partial charge on any atom is -0.340 e. The van der Waals surface area contributed by atoms with Gasteiger partial charge >= 0.3 is 0 Å². The number of nitrogens with one attached hydrogen (secondary N) is 2. The first-order valence-corrected chi connectivity index (χ1v) is 9.35. The fourth-order valence-electron chi connectivity index (χ4n) is 2.88. The predicted molar refractivity (Wildman–Crippen MR) is 109 cm³/mol. The van der Waals surface area contributed by atoms with Crippen LogP contribution in [0.5, 0.6) is 0 Å². The summed E-state index contributed by atoms with van der Waals surface area (Å²) in [4.78, 5) is 25.5. The average molecular weight is 376 g/mol. The molecule has 1 heterocycles. The third kappa shape index (κ3) is 4.65. The normalized spacial score (nSPS) is 12.8. The van der Waals surface area contributed by atoms with Gasteiger partial charge in [0.05, 0.1) is 5.69 Å². The summed E-state index contributed by atoms with van der Waals surface area (Å²) in [5, 5.41) is 10.0. The molecule has 0 saturated carbocycles. The number of rotatable bonds is 7. The van der Waals surface area contributed by atoms with Crippen LogP contribution >= 0.6 is 0 Å². The molecule has 6 nitrogen and oxygen atoms in total. The number of benzene rings is 2. The van der Waals surface area contributed by atoms with Crippen molar-refractivity contribution in [1.82, 2.24) is 15.1 Å². The van der Waals surface area contributed by atoms with Gasteiger partial charge in [0, 0.05) is 23.6 Å². The Hall–Kier alpha value is -3.41. The largest absolute Gasteiger partial charge is 0.340 e. The van der Waals surface area contributed by atoms with E-state index in [4.69, 9.17) is 0 Å². The zero-order chi connectivity index (χ0) is 19.9. The SMILES string of the molecule is CCC(C)C(NC(=O)c1ccccc1)C(=O)Nc1cccc(-n2cccn2)c1. The molecule has 0 bridgehead atoms. The van der Waals surface area contributed by atoms with Gasteiger partial charge in [0.25, 0.3) is 5.91 Å². The van der Waals surface area contributed by atoms with Crippen molar-refractivity contribution < 1.29 is 9.59 Å². The van der Waals surface area contributed by atoms with Crippen LogP contribution in [0.3, 0.4) is 0 Å². The van der Waals surface area contributed by atoms with E-state index in [-0.39, 0.29) is 17.7 Å². The van der Waals surface area contributed by atoms with Crippen molar-refractivity contribution in [2.24, 2.45) is 5.92 Å². The topological polar surface area (TPSA) is 76.0 Å². The molecule has 0 radical (unpaired) electrons. The molecular weight excluding hydrogens is 352 g/mol. The minimum atomic E-state index is -0.633. The molecule has 2 N–H and O–H groups in total. The standard InChI is InChI=1S/C22H24N4O2/c1-3-16(2)20(25-21(27)17-9-5-4-6-10-17)22(28)24-18-11-7-12-19(15-18)26-14-8-13-23-26/h4-16,20H,3H2,1-2H3,(H,24,28)(H,25,27). The molecule has 0 fully saturated rings. The van der Waals surface area contributed by atoms with Gasteiger partial charge in [-0.2, -0.15) is 5.10 Å².